The Hall–Kier alpha value is -1.62. The van der Waals surface area contributed by atoms with E-state index in [4.69, 9.17) is 23.2 Å². The van der Waals surface area contributed by atoms with Crippen molar-refractivity contribution in [3.05, 3.63) is 62.4 Å². The molecule has 2 aromatic heterocycles. The lowest BCUT2D eigenvalue weighted by atomic mass is 10.1. The smallest absolute Gasteiger partial charge is 0.254 e. The Bertz CT molecular complexity index is 863. The Morgan fingerprint density at radius 1 is 1.17 bits per heavy atom. The van der Waals surface area contributed by atoms with E-state index in [2.05, 4.69) is 4.98 Å². The molecule has 0 spiro atoms. The first-order chi connectivity index (χ1) is 11.1. The molecule has 2 heterocycles. The fourth-order valence-corrected chi connectivity index (χ4v) is 3.63. The number of carbonyl (C=O) groups excluding carboxylic acids is 1. The molecule has 0 radical (unpaired) electrons. The van der Waals surface area contributed by atoms with Crippen LogP contribution in [0, 0.1) is 0 Å². The second-order valence-corrected chi connectivity index (χ2v) is 7.25. The zero-order valence-electron chi connectivity index (χ0n) is 12.4. The van der Waals surface area contributed by atoms with Crippen LogP contribution in [-0.4, -0.2) is 22.3 Å². The second kappa shape index (κ2) is 6.87. The second-order valence-electron chi connectivity index (χ2n) is 5.07. The first kappa shape index (κ1) is 16.2. The van der Waals surface area contributed by atoms with Crippen molar-refractivity contribution >= 4 is 51.3 Å². The van der Waals surface area contributed by atoms with Crippen LogP contribution in [0.2, 0.25) is 9.49 Å². The highest BCUT2D eigenvalue weighted by Crippen LogP contribution is 2.24. The van der Waals surface area contributed by atoms with Gasteiger partial charge in [0.1, 0.15) is 5.15 Å². The third-order valence-corrected chi connectivity index (χ3v) is 4.97. The average Bonchev–Trinajstić information content (AvgIpc) is 2.96. The summed E-state index contributed by atoms with van der Waals surface area (Å²) in [5.74, 6) is -0.00567. The van der Waals surface area contributed by atoms with E-state index in [-0.39, 0.29) is 5.91 Å². The highest BCUT2D eigenvalue weighted by Gasteiger charge is 2.16. The van der Waals surface area contributed by atoms with Crippen molar-refractivity contribution in [2.45, 2.75) is 13.5 Å². The molecule has 0 atom stereocenters. The number of aromatic nitrogens is 1. The zero-order chi connectivity index (χ0) is 16.4. The minimum absolute atomic E-state index is 0.00567. The summed E-state index contributed by atoms with van der Waals surface area (Å²) < 4.78 is 0.733. The minimum atomic E-state index is -0.00567. The molecule has 6 heteroatoms. The van der Waals surface area contributed by atoms with Gasteiger partial charge >= 0.3 is 0 Å². The monoisotopic (exact) mass is 364 g/mol. The van der Waals surface area contributed by atoms with Crippen LogP contribution in [0.5, 0.6) is 0 Å². The van der Waals surface area contributed by atoms with Crippen molar-refractivity contribution < 1.29 is 4.79 Å². The molecule has 0 fully saturated rings. The molecule has 0 aliphatic heterocycles. The zero-order valence-corrected chi connectivity index (χ0v) is 14.8. The number of hydrogen-bond acceptors (Lipinski definition) is 3. The van der Waals surface area contributed by atoms with Gasteiger partial charge in [-0.15, -0.1) is 11.3 Å². The van der Waals surface area contributed by atoms with E-state index >= 15 is 0 Å². The summed E-state index contributed by atoms with van der Waals surface area (Å²) in [5, 5.41) is 1.34. The quantitative estimate of drug-likeness (QED) is 0.591. The van der Waals surface area contributed by atoms with Gasteiger partial charge in [0.05, 0.1) is 16.4 Å². The number of amides is 1. The van der Waals surface area contributed by atoms with Crippen LogP contribution in [0.25, 0.3) is 10.9 Å². The standard InChI is InChI=1S/C17H14Cl2N2OS/c1-2-21(10-13-5-8-16(19)23-13)17(22)12-3-6-14-11(9-12)4-7-15(18)20-14/h3-9H,2,10H2,1H3. The lowest BCUT2D eigenvalue weighted by Crippen LogP contribution is -2.29. The normalized spacial score (nSPS) is 10.9. The van der Waals surface area contributed by atoms with Crippen molar-refractivity contribution in [3.8, 4) is 0 Å². The first-order valence-corrected chi connectivity index (χ1v) is 8.74. The number of hydrogen-bond donors (Lipinski definition) is 0. The Morgan fingerprint density at radius 3 is 2.70 bits per heavy atom. The molecular weight excluding hydrogens is 351 g/mol. The molecular formula is C17H14Cl2N2OS. The number of fused-ring (bicyclic) bond motifs is 1. The summed E-state index contributed by atoms with van der Waals surface area (Å²) in [5.41, 5.74) is 1.42. The molecule has 0 unspecified atom stereocenters. The van der Waals surface area contributed by atoms with E-state index in [9.17, 15) is 4.79 Å². The van der Waals surface area contributed by atoms with Gasteiger partial charge in [-0.05, 0) is 49.4 Å². The number of carbonyl (C=O) groups is 1. The van der Waals surface area contributed by atoms with Crippen LogP contribution in [0.1, 0.15) is 22.2 Å². The maximum absolute atomic E-state index is 12.7. The van der Waals surface area contributed by atoms with Gasteiger partial charge in [0.2, 0.25) is 0 Å². The number of benzene rings is 1. The molecule has 0 saturated carbocycles. The molecule has 0 bridgehead atoms. The number of halogens is 2. The number of pyridine rings is 1. The maximum Gasteiger partial charge on any atom is 0.254 e. The number of thiophene rings is 1. The first-order valence-electron chi connectivity index (χ1n) is 7.16. The van der Waals surface area contributed by atoms with Gasteiger partial charge in [0, 0.05) is 22.4 Å². The lowest BCUT2D eigenvalue weighted by molar-refractivity contribution is 0.0754. The van der Waals surface area contributed by atoms with Crippen molar-refractivity contribution in [2.24, 2.45) is 0 Å². The summed E-state index contributed by atoms with van der Waals surface area (Å²) in [6, 6.07) is 12.9. The van der Waals surface area contributed by atoms with Crippen LogP contribution >= 0.6 is 34.5 Å². The Kier molecular flexibility index (Phi) is 4.85. The molecule has 3 aromatic rings. The fourth-order valence-electron chi connectivity index (χ4n) is 2.37. The van der Waals surface area contributed by atoms with Gasteiger partial charge in [-0.25, -0.2) is 4.98 Å². The Morgan fingerprint density at radius 2 is 2.00 bits per heavy atom. The minimum Gasteiger partial charge on any atom is -0.334 e. The molecule has 0 N–H and O–H groups in total. The highest BCUT2D eigenvalue weighted by atomic mass is 35.5. The van der Waals surface area contributed by atoms with E-state index in [1.807, 2.05) is 37.3 Å². The molecule has 3 nitrogen and oxygen atoms in total. The third kappa shape index (κ3) is 3.66. The molecule has 0 aliphatic rings. The van der Waals surface area contributed by atoms with E-state index in [1.165, 1.54) is 11.3 Å². The molecule has 0 saturated heterocycles. The summed E-state index contributed by atoms with van der Waals surface area (Å²) in [6.45, 7) is 3.16. The molecule has 0 aliphatic carbocycles. The number of rotatable bonds is 4. The third-order valence-electron chi connectivity index (χ3n) is 3.55. The molecule has 23 heavy (non-hydrogen) atoms. The lowest BCUT2D eigenvalue weighted by Gasteiger charge is -2.20. The fraction of sp³-hybridized carbons (Fsp3) is 0.176. The Labute approximate surface area is 148 Å². The number of nitrogens with zero attached hydrogens (tertiary/aromatic N) is 2. The molecule has 3 rings (SSSR count). The van der Waals surface area contributed by atoms with Crippen LogP contribution < -0.4 is 0 Å². The topological polar surface area (TPSA) is 33.2 Å². The molecule has 1 aromatic carbocycles. The predicted molar refractivity (Wildman–Crippen MR) is 96.5 cm³/mol. The van der Waals surface area contributed by atoms with E-state index < -0.39 is 0 Å². The van der Waals surface area contributed by atoms with Gasteiger partial charge in [0.15, 0.2) is 0 Å². The summed E-state index contributed by atoms with van der Waals surface area (Å²) >= 11 is 13.3. The molecule has 1 amide bonds. The predicted octanol–water partition coefficient (Wildman–Crippen LogP) is 5.27. The molecule has 118 valence electrons. The maximum atomic E-state index is 12.7. The largest absolute Gasteiger partial charge is 0.334 e. The van der Waals surface area contributed by atoms with Crippen molar-refractivity contribution in [1.82, 2.24) is 9.88 Å². The van der Waals surface area contributed by atoms with E-state index in [0.717, 1.165) is 20.1 Å². The van der Waals surface area contributed by atoms with Crippen molar-refractivity contribution in [2.75, 3.05) is 6.54 Å². The summed E-state index contributed by atoms with van der Waals surface area (Å²) in [6.07, 6.45) is 0. The van der Waals surface area contributed by atoms with Crippen LogP contribution in [-0.2, 0) is 6.54 Å². The van der Waals surface area contributed by atoms with Gasteiger partial charge in [-0.1, -0.05) is 23.2 Å². The van der Waals surface area contributed by atoms with Gasteiger partial charge in [-0.3, -0.25) is 4.79 Å². The van der Waals surface area contributed by atoms with Crippen LogP contribution in [0.15, 0.2) is 42.5 Å². The van der Waals surface area contributed by atoms with Crippen LogP contribution in [0.4, 0.5) is 0 Å². The van der Waals surface area contributed by atoms with Gasteiger partial charge in [-0.2, -0.15) is 0 Å². The van der Waals surface area contributed by atoms with Crippen molar-refractivity contribution in [1.29, 1.82) is 0 Å². The SMILES string of the molecule is CCN(Cc1ccc(Cl)s1)C(=O)c1ccc2nc(Cl)ccc2c1. The van der Waals surface area contributed by atoms with Gasteiger partial charge in [0.25, 0.3) is 5.91 Å². The van der Waals surface area contributed by atoms with E-state index in [0.29, 0.717) is 23.8 Å². The highest BCUT2D eigenvalue weighted by molar-refractivity contribution is 7.16. The van der Waals surface area contributed by atoms with Crippen molar-refractivity contribution in [3.63, 3.8) is 0 Å². The van der Waals surface area contributed by atoms with Gasteiger partial charge < -0.3 is 4.90 Å². The van der Waals surface area contributed by atoms with E-state index in [1.54, 1.807) is 17.0 Å². The van der Waals surface area contributed by atoms with Crippen LogP contribution in [0.3, 0.4) is 0 Å². The average molecular weight is 365 g/mol. The Balaban J connectivity index is 1.86. The summed E-state index contributed by atoms with van der Waals surface area (Å²) in [4.78, 5) is 19.9. The summed E-state index contributed by atoms with van der Waals surface area (Å²) in [7, 11) is 0.